The smallest absolute Gasteiger partial charge is 0.314 e. The van der Waals surface area contributed by atoms with Gasteiger partial charge in [0.2, 0.25) is 5.91 Å². The van der Waals surface area contributed by atoms with E-state index in [2.05, 4.69) is 41.6 Å². The van der Waals surface area contributed by atoms with Crippen LogP contribution in [0.1, 0.15) is 40.0 Å². The second-order valence-corrected chi connectivity index (χ2v) is 11.8. The van der Waals surface area contributed by atoms with E-state index in [-0.39, 0.29) is 11.9 Å². The van der Waals surface area contributed by atoms with Gasteiger partial charge in [-0.15, -0.1) is 0 Å². The van der Waals surface area contributed by atoms with Gasteiger partial charge >= 0.3 is 6.03 Å². The average Bonchev–Trinajstić information content (AvgIpc) is 3.12. The van der Waals surface area contributed by atoms with Gasteiger partial charge in [-0.05, 0) is 18.6 Å². The molecule has 0 aromatic rings. The quantitative estimate of drug-likeness (QED) is 0.355. The van der Waals surface area contributed by atoms with E-state index < -0.39 is 0 Å². The number of rotatable bonds is 13. The molecule has 1 rings (SSSR count). The first-order chi connectivity index (χ1) is 13.5. The van der Waals surface area contributed by atoms with Crippen molar-refractivity contribution in [1.29, 1.82) is 0 Å². The maximum absolute atomic E-state index is 10.8. The van der Waals surface area contributed by atoms with Crippen LogP contribution < -0.4 is 16.0 Å². The minimum atomic E-state index is -0.0838. The third-order valence-electron chi connectivity index (χ3n) is 3.85. The highest BCUT2D eigenvalue weighted by Gasteiger charge is 2.21. The van der Waals surface area contributed by atoms with Crippen LogP contribution in [0, 0.1) is 0 Å². The van der Waals surface area contributed by atoms with Gasteiger partial charge in [0.25, 0.3) is 0 Å². The lowest BCUT2D eigenvalue weighted by atomic mass is 10.2. The van der Waals surface area contributed by atoms with Gasteiger partial charge in [0.1, 0.15) is 0 Å². The Labute approximate surface area is 189 Å². The monoisotopic (exact) mass is 469 g/mol. The van der Waals surface area contributed by atoms with Crippen LogP contribution in [0.2, 0.25) is 0 Å². The molecule has 1 aliphatic rings. The van der Waals surface area contributed by atoms with Crippen LogP contribution in [-0.2, 0) is 4.79 Å². The number of hydrogen-bond donors (Lipinski definition) is 3. The van der Waals surface area contributed by atoms with Crippen molar-refractivity contribution >= 4 is 59.0 Å². The summed E-state index contributed by atoms with van der Waals surface area (Å²) in [5, 5.41) is 9.87. The first-order valence-electron chi connectivity index (χ1n) is 10.1. The Kier molecular flexibility index (Phi) is 20.5. The first kappa shape index (κ1) is 28.1. The summed E-state index contributed by atoms with van der Waals surface area (Å²) in [5.41, 5.74) is 0. The van der Waals surface area contributed by atoms with E-state index in [0.717, 1.165) is 35.1 Å². The number of carbonyl (C=O) groups excluding carboxylic acids is 2. The van der Waals surface area contributed by atoms with E-state index >= 15 is 0 Å². The van der Waals surface area contributed by atoms with Crippen LogP contribution in [0.15, 0.2) is 0 Å². The van der Waals surface area contributed by atoms with Crippen molar-refractivity contribution in [3.63, 3.8) is 0 Å². The van der Waals surface area contributed by atoms with E-state index in [1.807, 2.05) is 42.2 Å². The van der Waals surface area contributed by atoms with Crippen LogP contribution in [-0.4, -0.2) is 77.1 Å². The third kappa shape index (κ3) is 18.2. The van der Waals surface area contributed by atoms with Crippen molar-refractivity contribution in [2.75, 3.05) is 54.7 Å². The highest BCUT2D eigenvalue weighted by Crippen LogP contribution is 2.34. The summed E-state index contributed by atoms with van der Waals surface area (Å²) >= 11 is 7.93. The zero-order valence-corrected chi connectivity index (χ0v) is 21.1. The van der Waals surface area contributed by atoms with Crippen LogP contribution in [0.5, 0.6) is 0 Å². The topological polar surface area (TPSA) is 70.2 Å². The number of carbonyl (C=O) groups is 2. The number of hydrogen-bond acceptors (Lipinski definition) is 6. The Hall–Kier alpha value is 0.140. The molecule has 0 aromatic carbocycles. The maximum atomic E-state index is 10.8. The molecule has 0 aliphatic carbocycles. The van der Waals surface area contributed by atoms with E-state index in [4.69, 9.17) is 0 Å². The Morgan fingerprint density at radius 1 is 0.964 bits per heavy atom. The number of amides is 3. The molecule has 28 heavy (non-hydrogen) atoms. The van der Waals surface area contributed by atoms with Gasteiger partial charge in [-0.25, -0.2) is 4.79 Å². The van der Waals surface area contributed by atoms with Crippen LogP contribution in [0.25, 0.3) is 0 Å². The van der Waals surface area contributed by atoms with Crippen molar-refractivity contribution in [3.8, 4) is 0 Å². The van der Waals surface area contributed by atoms with Gasteiger partial charge in [-0.2, -0.15) is 47.0 Å². The Morgan fingerprint density at radius 3 is 2.25 bits per heavy atom. The third-order valence-corrected chi connectivity index (χ3v) is 8.82. The van der Waals surface area contributed by atoms with Crippen LogP contribution in [0.3, 0.4) is 0 Å². The van der Waals surface area contributed by atoms with Crippen molar-refractivity contribution in [2.45, 2.75) is 50.5 Å². The minimum Gasteiger partial charge on any atom is -0.355 e. The van der Waals surface area contributed by atoms with E-state index in [9.17, 15) is 9.59 Å². The molecule has 0 radical (unpaired) electrons. The molecule has 0 spiro atoms. The molecule has 1 aliphatic heterocycles. The molecule has 3 amide bonds. The zero-order valence-electron chi connectivity index (χ0n) is 17.9. The summed E-state index contributed by atoms with van der Waals surface area (Å²) in [6.45, 7) is 7.94. The van der Waals surface area contributed by atoms with Crippen molar-refractivity contribution in [3.05, 3.63) is 0 Å². The second kappa shape index (κ2) is 20.4. The molecular formula is C19H39N3O2S4. The zero-order chi connectivity index (χ0) is 21.0. The summed E-state index contributed by atoms with van der Waals surface area (Å²) in [6.07, 6.45) is 3.32. The molecule has 0 saturated carbocycles. The van der Waals surface area contributed by atoms with E-state index in [0.29, 0.717) is 6.42 Å². The molecule has 1 saturated heterocycles. The van der Waals surface area contributed by atoms with Gasteiger partial charge < -0.3 is 16.0 Å². The normalized spacial score (nSPS) is 18.1. The van der Waals surface area contributed by atoms with Gasteiger partial charge in [-0.3, -0.25) is 4.79 Å². The fourth-order valence-electron chi connectivity index (χ4n) is 2.30. The minimum absolute atomic E-state index is 0.0838. The Morgan fingerprint density at radius 2 is 1.64 bits per heavy atom. The van der Waals surface area contributed by atoms with E-state index in [1.54, 1.807) is 7.05 Å². The summed E-state index contributed by atoms with van der Waals surface area (Å²) in [5.74, 6) is 7.05. The van der Waals surface area contributed by atoms with Gasteiger partial charge in [0, 0.05) is 65.8 Å². The molecule has 166 valence electrons. The van der Waals surface area contributed by atoms with Gasteiger partial charge in [0.05, 0.1) is 0 Å². The molecule has 2 atom stereocenters. The largest absolute Gasteiger partial charge is 0.355 e. The molecule has 5 nitrogen and oxygen atoms in total. The predicted molar refractivity (Wildman–Crippen MR) is 133 cm³/mol. The average molecular weight is 470 g/mol. The molecule has 9 heteroatoms. The standard InChI is InChI=1S/C10H20N2OS2.C9H19NOS2/c1-8-3-4-9(15-8)7-14-6-5-12-10(13)11-2;1-3-9(11)10-5-6-13-8-7-12-4-2/h8-9H,3-7H2,1-2H3,(H2,11,12,13);3-8H2,1-2H3,(H,10,11). The van der Waals surface area contributed by atoms with E-state index in [1.165, 1.54) is 35.9 Å². The van der Waals surface area contributed by atoms with Crippen molar-refractivity contribution in [2.24, 2.45) is 0 Å². The number of nitrogens with one attached hydrogen (secondary N) is 3. The van der Waals surface area contributed by atoms with Crippen molar-refractivity contribution in [1.82, 2.24) is 16.0 Å². The highest BCUT2D eigenvalue weighted by atomic mass is 32.2. The fourth-order valence-corrected chi connectivity index (χ4v) is 6.63. The summed E-state index contributed by atoms with van der Waals surface area (Å²) in [7, 11) is 1.64. The molecule has 1 heterocycles. The molecule has 1 fully saturated rings. The molecule has 2 unspecified atom stereocenters. The summed E-state index contributed by atoms with van der Waals surface area (Å²) in [6, 6.07) is -0.0838. The molecule has 0 aromatic heterocycles. The fraction of sp³-hybridized carbons (Fsp3) is 0.895. The molecular weight excluding hydrogens is 430 g/mol. The lowest BCUT2D eigenvalue weighted by Gasteiger charge is -2.09. The lowest BCUT2D eigenvalue weighted by molar-refractivity contribution is -0.120. The molecule has 0 bridgehead atoms. The Bertz CT molecular complexity index is 403. The maximum Gasteiger partial charge on any atom is 0.314 e. The number of thioether (sulfide) groups is 4. The van der Waals surface area contributed by atoms with Crippen molar-refractivity contribution < 1.29 is 9.59 Å². The first-order valence-corrected chi connectivity index (χ1v) is 14.5. The summed E-state index contributed by atoms with van der Waals surface area (Å²) in [4.78, 5) is 21.7. The van der Waals surface area contributed by atoms with Gasteiger partial charge in [-0.1, -0.05) is 20.8 Å². The highest BCUT2D eigenvalue weighted by molar-refractivity contribution is 8.04. The van der Waals surface area contributed by atoms with Gasteiger partial charge in [0.15, 0.2) is 0 Å². The Balaban J connectivity index is 0.000000528. The second-order valence-electron chi connectivity index (χ2n) is 6.24. The molecule has 3 N–H and O–H groups in total. The SMILES string of the molecule is CCSCCSCCNC(=O)CC.CNC(=O)NCCSCC1CCC(C)S1. The van der Waals surface area contributed by atoms with Crippen LogP contribution >= 0.6 is 47.0 Å². The number of urea groups is 1. The predicted octanol–water partition coefficient (Wildman–Crippen LogP) is 3.93. The van der Waals surface area contributed by atoms with Crippen LogP contribution in [0.4, 0.5) is 4.79 Å². The summed E-state index contributed by atoms with van der Waals surface area (Å²) < 4.78 is 0. The lowest BCUT2D eigenvalue weighted by Crippen LogP contribution is -2.34.